The minimum Gasteiger partial charge on any atom is -0.436 e. The first-order chi connectivity index (χ1) is 13.0. The average Bonchev–Trinajstić information content (AvgIpc) is 3.04. The Hall–Kier alpha value is -2.04. The number of aromatic nitrogens is 1. The van der Waals surface area contributed by atoms with E-state index in [0.717, 1.165) is 11.3 Å². The predicted octanol–water partition coefficient (Wildman–Crippen LogP) is 7.86. The fourth-order valence-corrected chi connectivity index (χ4v) is 3.47. The van der Waals surface area contributed by atoms with Gasteiger partial charge in [0.05, 0.1) is 21.3 Å². The number of fused-ring (bicyclic) bond motifs is 1. The molecule has 0 amide bonds. The SMILES string of the molecule is Clc1ccc(C=Nc2ccc3oc(-c4ccc(Cl)cc4Cl)nc3c2)c(Cl)c1. The number of oxazole rings is 1. The lowest BCUT2D eigenvalue weighted by atomic mass is 10.2. The van der Waals surface area contributed by atoms with Crippen molar-refractivity contribution in [1.29, 1.82) is 0 Å². The summed E-state index contributed by atoms with van der Waals surface area (Å²) in [5.74, 6) is 0.425. The summed E-state index contributed by atoms with van der Waals surface area (Å²) in [5, 5.41) is 2.14. The van der Waals surface area contributed by atoms with Gasteiger partial charge in [-0.15, -0.1) is 0 Å². The van der Waals surface area contributed by atoms with Gasteiger partial charge in [0, 0.05) is 21.8 Å². The summed E-state index contributed by atoms with van der Waals surface area (Å²) in [5.41, 5.74) is 3.48. The highest BCUT2D eigenvalue weighted by Crippen LogP contribution is 2.33. The van der Waals surface area contributed by atoms with Crippen LogP contribution in [0.1, 0.15) is 5.56 Å². The van der Waals surface area contributed by atoms with Gasteiger partial charge in [-0.2, -0.15) is 0 Å². The van der Waals surface area contributed by atoms with Crippen LogP contribution in [0, 0.1) is 0 Å². The Bertz CT molecular complexity index is 1180. The van der Waals surface area contributed by atoms with E-state index >= 15 is 0 Å². The molecule has 1 heterocycles. The molecule has 3 aromatic carbocycles. The number of hydrogen-bond donors (Lipinski definition) is 0. The summed E-state index contributed by atoms with van der Waals surface area (Å²) in [4.78, 5) is 8.96. The third-order valence-electron chi connectivity index (χ3n) is 3.85. The quantitative estimate of drug-likeness (QED) is 0.307. The zero-order chi connectivity index (χ0) is 19.0. The monoisotopic (exact) mass is 434 g/mol. The van der Waals surface area contributed by atoms with E-state index in [1.54, 1.807) is 36.5 Å². The minimum absolute atomic E-state index is 0.425. The van der Waals surface area contributed by atoms with Crippen molar-refractivity contribution in [2.45, 2.75) is 0 Å². The lowest BCUT2D eigenvalue weighted by molar-refractivity contribution is 0.620. The van der Waals surface area contributed by atoms with Crippen LogP contribution >= 0.6 is 46.4 Å². The first-order valence-corrected chi connectivity index (χ1v) is 9.36. The van der Waals surface area contributed by atoms with Gasteiger partial charge in [-0.1, -0.05) is 52.5 Å². The van der Waals surface area contributed by atoms with E-state index in [4.69, 9.17) is 50.8 Å². The zero-order valence-corrected chi connectivity index (χ0v) is 16.6. The number of halogens is 4. The van der Waals surface area contributed by atoms with Gasteiger partial charge in [-0.25, -0.2) is 4.98 Å². The van der Waals surface area contributed by atoms with Crippen LogP contribution in [-0.2, 0) is 0 Å². The van der Waals surface area contributed by atoms with Crippen molar-refractivity contribution in [2.75, 3.05) is 0 Å². The van der Waals surface area contributed by atoms with Crippen LogP contribution in [0.25, 0.3) is 22.6 Å². The summed E-state index contributed by atoms with van der Waals surface area (Å²) < 4.78 is 5.80. The highest BCUT2D eigenvalue weighted by Gasteiger charge is 2.12. The van der Waals surface area contributed by atoms with Gasteiger partial charge in [0.2, 0.25) is 5.89 Å². The van der Waals surface area contributed by atoms with Crippen LogP contribution in [-0.4, -0.2) is 11.2 Å². The van der Waals surface area contributed by atoms with Crippen molar-refractivity contribution in [3.63, 3.8) is 0 Å². The Morgan fingerprint density at radius 3 is 2.30 bits per heavy atom. The molecule has 7 heteroatoms. The van der Waals surface area contributed by atoms with Gasteiger partial charge in [0.15, 0.2) is 5.58 Å². The van der Waals surface area contributed by atoms with Gasteiger partial charge in [-0.3, -0.25) is 4.99 Å². The van der Waals surface area contributed by atoms with E-state index in [0.29, 0.717) is 42.6 Å². The van der Waals surface area contributed by atoms with E-state index in [1.165, 1.54) is 0 Å². The van der Waals surface area contributed by atoms with Gasteiger partial charge in [-0.05, 0) is 48.5 Å². The van der Waals surface area contributed by atoms with Gasteiger partial charge < -0.3 is 4.42 Å². The molecule has 0 saturated heterocycles. The number of nitrogens with zero attached hydrogens (tertiary/aromatic N) is 2. The van der Waals surface area contributed by atoms with Crippen LogP contribution in [0.3, 0.4) is 0 Å². The minimum atomic E-state index is 0.425. The van der Waals surface area contributed by atoms with Gasteiger partial charge in [0.1, 0.15) is 5.52 Å². The molecule has 4 rings (SSSR count). The van der Waals surface area contributed by atoms with E-state index in [2.05, 4.69) is 9.98 Å². The molecule has 0 spiro atoms. The Kier molecular flexibility index (Phi) is 5.11. The first kappa shape index (κ1) is 18.3. The summed E-state index contributed by atoms with van der Waals surface area (Å²) >= 11 is 24.2. The molecule has 0 fully saturated rings. The van der Waals surface area contributed by atoms with Gasteiger partial charge in [0.25, 0.3) is 0 Å². The molecule has 0 saturated carbocycles. The summed E-state index contributed by atoms with van der Waals surface area (Å²) in [6.45, 7) is 0. The number of rotatable bonds is 3. The molecule has 27 heavy (non-hydrogen) atoms. The molecule has 134 valence electrons. The Morgan fingerprint density at radius 1 is 0.815 bits per heavy atom. The largest absolute Gasteiger partial charge is 0.436 e. The Labute approximate surface area is 175 Å². The van der Waals surface area contributed by atoms with Crippen LogP contribution in [0.5, 0.6) is 0 Å². The van der Waals surface area contributed by atoms with Crippen LogP contribution in [0.2, 0.25) is 20.1 Å². The van der Waals surface area contributed by atoms with E-state index in [9.17, 15) is 0 Å². The molecule has 0 radical (unpaired) electrons. The smallest absolute Gasteiger partial charge is 0.228 e. The Balaban J connectivity index is 1.67. The molecule has 0 aliphatic rings. The van der Waals surface area contributed by atoms with E-state index in [1.807, 2.05) is 24.3 Å². The second-order valence-electron chi connectivity index (χ2n) is 5.72. The third kappa shape index (κ3) is 3.97. The molecule has 0 aliphatic heterocycles. The maximum atomic E-state index is 6.24. The Morgan fingerprint density at radius 2 is 1.56 bits per heavy atom. The molecular weight excluding hydrogens is 426 g/mol. The summed E-state index contributed by atoms with van der Waals surface area (Å²) in [6, 6.07) is 15.9. The first-order valence-electron chi connectivity index (χ1n) is 7.85. The fourth-order valence-electron chi connectivity index (χ4n) is 2.52. The topological polar surface area (TPSA) is 38.4 Å². The second kappa shape index (κ2) is 7.53. The number of benzene rings is 3. The van der Waals surface area contributed by atoms with Gasteiger partial charge >= 0.3 is 0 Å². The van der Waals surface area contributed by atoms with E-state index < -0.39 is 0 Å². The van der Waals surface area contributed by atoms with Crippen molar-refractivity contribution in [1.82, 2.24) is 4.98 Å². The fraction of sp³-hybridized carbons (Fsp3) is 0. The molecule has 4 aromatic rings. The zero-order valence-electron chi connectivity index (χ0n) is 13.6. The van der Waals surface area contributed by atoms with Crippen LogP contribution in [0.15, 0.2) is 64.0 Å². The molecule has 0 N–H and O–H groups in total. The average molecular weight is 436 g/mol. The number of aliphatic imine (C=N–C) groups is 1. The second-order valence-corrected chi connectivity index (χ2v) is 7.41. The van der Waals surface area contributed by atoms with Crippen LogP contribution in [0.4, 0.5) is 5.69 Å². The normalized spacial score (nSPS) is 11.6. The highest BCUT2D eigenvalue weighted by molar-refractivity contribution is 6.36. The van der Waals surface area contributed by atoms with E-state index in [-0.39, 0.29) is 0 Å². The molecule has 3 nitrogen and oxygen atoms in total. The van der Waals surface area contributed by atoms with Crippen molar-refractivity contribution in [3.8, 4) is 11.5 Å². The highest BCUT2D eigenvalue weighted by atomic mass is 35.5. The van der Waals surface area contributed by atoms with Crippen molar-refractivity contribution in [3.05, 3.63) is 80.3 Å². The predicted molar refractivity (Wildman–Crippen MR) is 113 cm³/mol. The van der Waals surface area contributed by atoms with Crippen molar-refractivity contribution < 1.29 is 4.42 Å². The van der Waals surface area contributed by atoms with Crippen molar-refractivity contribution in [2.24, 2.45) is 4.99 Å². The molecular formula is C20H10Cl4N2O. The third-order valence-corrected chi connectivity index (χ3v) is 4.96. The molecule has 0 bridgehead atoms. The number of hydrogen-bond acceptors (Lipinski definition) is 3. The molecule has 0 atom stereocenters. The lowest BCUT2D eigenvalue weighted by Gasteiger charge is -1.98. The maximum absolute atomic E-state index is 6.24. The van der Waals surface area contributed by atoms with Crippen LogP contribution < -0.4 is 0 Å². The molecule has 0 unspecified atom stereocenters. The molecule has 0 aliphatic carbocycles. The summed E-state index contributed by atoms with van der Waals surface area (Å²) in [7, 11) is 0. The lowest BCUT2D eigenvalue weighted by Crippen LogP contribution is -1.82. The van der Waals surface area contributed by atoms with Crippen molar-refractivity contribution >= 4 is 69.4 Å². The maximum Gasteiger partial charge on any atom is 0.228 e. The standard InChI is InChI=1S/C20H10Cl4N2O/c21-12-2-1-11(16(23)7-12)10-25-14-4-6-19-18(9-14)26-20(27-19)15-5-3-13(22)8-17(15)24/h1-10H. The molecule has 1 aromatic heterocycles. The summed E-state index contributed by atoms with van der Waals surface area (Å²) in [6.07, 6.45) is 1.68.